The largest absolute Gasteiger partial charge is 0.393 e. The fourth-order valence-electron chi connectivity index (χ4n) is 3.55. The van der Waals surface area contributed by atoms with Crippen molar-refractivity contribution in [3.8, 4) is 6.07 Å². The third-order valence-electron chi connectivity index (χ3n) is 5.38. The standard InChI is InChI=1S/C21H25FN4O2/c1-14-15(2)26(12-16-3-5-17(22)6-4-16)21(19(14)11-23)24-20(28)13-25-9-7-18(27)8-10-25/h3-6,18,27H,7-10,12-13H2,1-2H3,(H,24,28). The van der Waals surface area contributed by atoms with E-state index in [0.717, 1.165) is 16.8 Å². The lowest BCUT2D eigenvalue weighted by Gasteiger charge is -2.28. The molecule has 0 atom stereocenters. The molecule has 1 aliphatic heterocycles. The van der Waals surface area contributed by atoms with E-state index < -0.39 is 0 Å². The van der Waals surface area contributed by atoms with Crippen molar-refractivity contribution in [2.45, 2.75) is 39.3 Å². The third kappa shape index (κ3) is 4.41. The van der Waals surface area contributed by atoms with E-state index in [1.165, 1.54) is 12.1 Å². The van der Waals surface area contributed by atoms with Crippen LogP contribution in [0.1, 0.15) is 35.2 Å². The Morgan fingerprint density at radius 3 is 2.54 bits per heavy atom. The molecule has 28 heavy (non-hydrogen) atoms. The molecule has 1 fully saturated rings. The minimum atomic E-state index is -0.304. The van der Waals surface area contributed by atoms with Crippen molar-refractivity contribution in [2.75, 3.05) is 25.0 Å². The van der Waals surface area contributed by atoms with Crippen LogP contribution in [-0.2, 0) is 11.3 Å². The predicted molar refractivity (Wildman–Crippen MR) is 104 cm³/mol. The maximum atomic E-state index is 13.2. The molecule has 2 N–H and O–H groups in total. The molecule has 2 aromatic rings. The molecule has 0 spiro atoms. The molecule has 0 aliphatic carbocycles. The number of halogens is 1. The number of aliphatic hydroxyl groups is 1. The predicted octanol–water partition coefficient (Wildman–Crippen LogP) is 2.56. The minimum absolute atomic E-state index is 0.189. The van der Waals surface area contributed by atoms with Gasteiger partial charge in [0.05, 0.1) is 18.2 Å². The van der Waals surface area contributed by atoms with E-state index in [0.29, 0.717) is 43.9 Å². The quantitative estimate of drug-likeness (QED) is 0.830. The smallest absolute Gasteiger partial charge is 0.239 e. The van der Waals surface area contributed by atoms with Gasteiger partial charge in [-0.1, -0.05) is 12.1 Å². The molecule has 1 amide bonds. The molecule has 7 heteroatoms. The highest BCUT2D eigenvalue weighted by molar-refractivity contribution is 5.93. The van der Waals surface area contributed by atoms with E-state index in [2.05, 4.69) is 11.4 Å². The van der Waals surface area contributed by atoms with Crippen LogP contribution in [0.5, 0.6) is 0 Å². The number of carbonyl (C=O) groups excluding carboxylic acids is 1. The number of amides is 1. The molecule has 1 saturated heterocycles. The molecule has 0 bridgehead atoms. The fraction of sp³-hybridized carbons (Fsp3) is 0.429. The second-order valence-corrected chi connectivity index (χ2v) is 7.31. The summed E-state index contributed by atoms with van der Waals surface area (Å²) in [7, 11) is 0. The van der Waals surface area contributed by atoms with Crippen molar-refractivity contribution in [3.05, 3.63) is 52.5 Å². The lowest BCUT2D eigenvalue weighted by molar-refractivity contribution is -0.117. The highest BCUT2D eigenvalue weighted by atomic mass is 19.1. The van der Waals surface area contributed by atoms with Gasteiger partial charge < -0.3 is 15.0 Å². The summed E-state index contributed by atoms with van der Waals surface area (Å²) in [6, 6.07) is 8.38. The van der Waals surface area contributed by atoms with Crippen LogP contribution in [0, 0.1) is 31.0 Å². The van der Waals surface area contributed by atoms with Crippen molar-refractivity contribution < 1.29 is 14.3 Å². The van der Waals surface area contributed by atoms with Gasteiger partial charge in [0.15, 0.2) is 0 Å². The van der Waals surface area contributed by atoms with Crippen LogP contribution >= 0.6 is 0 Å². The molecule has 6 nitrogen and oxygen atoms in total. The molecular formula is C21H25FN4O2. The van der Waals surface area contributed by atoms with Crippen molar-refractivity contribution in [1.29, 1.82) is 5.26 Å². The maximum absolute atomic E-state index is 13.2. The summed E-state index contributed by atoms with van der Waals surface area (Å²) in [6.07, 6.45) is 1.04. The Bertz CT molecular complexity index is 891. The minimum Gasteiger partial charge on any atom is -0.393 e. The third-order valence-corrected chi connectivity index (χ3v) is 5.38. The zero-order valence-electron chi connectivity index (χ0n) is 16.2. The zero-order valence-corrected chi connectivity index (χ0v) is 16.2. The summed E-state index contributed by atoms with van der Waals surface area (Å²) in [6.45, 7) is 5.76. The number of piperidine rings is 1. The van der Waals surface area contributed by atoms with Gasteiger partial charge in [0.2, 0.25) is 5.91 Å². The number of carbonyl (C=O) groups is 1. The van der Waals surface area contributed by atoms with Crippen LogP contribution in [-0.4, -0.2) is 46.2 Å². The van der Waals surface area contributed by atoms with E-state index >= 15 is 0 Å². The normalized spacial score (nSPS) is 15.4. The second kappa shape index (κ2) is 8.55. The maximum Gasteiger partial charge on any atom is 0.239 e. The van der Waals surface area contributed by atoms with Crippen LogP contribution in [0.25, 0.3) is 0 Å². The van der Waals surface area contributed by atoms with Crippen LogP contribution < -0.4 is 5.32 Å². The summed E-state index contributed by atoms with van der Waals surface area (Å²) in [5, 5.41) is 22.1. The zero-order chi connectivity index (χ0) is 20.3. The molecule has 0 unspecified atom stereocenters. The molecule has 0 radical (unpaired) electrons. The number of hydrogen-bond acceptors (Lipinski definition) is 4. The Balaban J connectivity index is 1.80. The van der Waals surface area contributed by atoms with Gasteiger partial charge in [0, 0.05) is 25.3 Å². The fourth-order valence-corrected chi connectivity index (χ4v) is 3.55. The second-order valence-electron chi connectivity index (χ2n) is 7.31. The number of benzene rings is 1. The van der Waals surface area contributed by atoms with Crippen molar-refractivity contribution in [2.24, 2.45) is 0 Å². The number of anilines is 1. The Labute approximate surface area is 164 Å². The Morgan fingerprint density at radius 2 is 1.93 bits per heavy atom. The number of nitriles is 1. The van der Waals surface area contributed by atoms with Gasteiger partial charge in [-0.3, -0.25) is 9.69 Å². The monoisotopic (exact) mass is 384 g/mol. The molecule has 3 rings (SSSR count). The first-order valence-corrected chi connectivity index (χ1v) is 9.43. The highest BCUT2D eigenvalue weighted by Crippen LogP contribution is 2.27. The van der Waals surface area contributed by atoms with Gasteiger partial charge in [0.1, 0.15) is 17.7 Å². The topological polar surface area (TPSA) is 81.3 Å². The molecular weight excluding hydrogens is 359 g/mol. The first kappa shape index (κ1) is 20.1. The summed E-state index contributed by atoms with van der Waals surface area (Å²) in [5.41, 5.74) is 3.03. The average molecular weight is 384 g/mol. The molecule has 1 aromatic carbocycles. The summed E-state index contributed by atoms with van der Waals surface area (Å²) >= 11 is 0. The first-order valence-electron chi connectivity index (χ1n) is 9.43. The average Bonchev–Trinajstić information content (AvgIpc) is 2.89. The van der Waals surface area contributed by atoms with Crippen molar-refractivity contribution in [3.63, 3.8) is 0 Å². The van der Waals surface area contributed by atoms with Crippen LogP contribution in [0.15, 0.2) is 24.3 Å². The number of nitrogens with zero attached hydrogens (tertiary/aromatic N) is 3. The molecule has 148 valence electrons. The lowest BCUT2D eigenvalue weighted by atomic mass is 10.1. The number of aliphatic hydroxyl groups excluding tert-OH is 1. The van der Waals surface area contributed by atoms with E-state index in [4.69, 9.17) is 0 Å². The van der Waals surface area contributed by atoms with E-state index in [1.807, 2.05) is 23.3 Å². The van der Waals surface area contributed by atoms with Crippen LogP contribution in [0.4, 0.5) is 10.2 Å². The van der Waals surface area contributed by atoms with Crippen molar-refractivity contribution in [1.82, 2.24) is 9.47 Å². The molecule has 1 aromatic heterocycles. The molecule has 0 saturated carbocycles. The van der Waals surface area contributed by atoms with E-state index in [-0.39, 0.29) is 24.4 Å². The van der Waals surface area contributed by atoms with E-state index in [9.17, 15) is 19.6 Å². The molecule has 2 heterocycles. The molecule has 1 aliphatic rings. The summed E-state index contributed by atoms with van der Waals surface area (Å²) in [4.78, 5) is 14.6. The SMILES string of the molecule is Cc1c(C#N)c(NC(=O)CN2CCC(O)CC2)n(Cc2ccc(F)cc2)c1C. The van der Waals surface area contributed by atoms with Gasteiger partial charge in [-0.25, -0.2) is 4.39 Å². The van der Waals surface area contributed by atoms with Crippen LogP contribution in [0.3, 0.4) is 0 Å². The summed E-state index contributed by atoms with van der Waals surface area (Å²) < 4.78 is 15.1. The van der Waals surface area contributed by atoms with Gasteiger partial charge in [-0.2, -0.15) is 5.26 Å². The van der Waals surface area contributed by atoms with Gasteiger partial charge in [-0.15, -0.1) is 0 Å². The number of likely N-dealkylation sites (tertiary alicyclic amines) is 1. The van der Waals surface area contributed by atoms with Gasteiger partial charge in [0.25, 0.3) is 0 Å². The first-order chi connectivity index (χ1) is 13.4. The van der Waals surface area contributed by atoms with E-state index in [1.54, 1.807) is 12.1 Å². The number of hydrogen-bond donors (Lipinski definition) is 2. The number of aromatic nitrogens is 1. The Kier molecular flexibility index (Phi) is 6.12. The summed E-state index contributed by atoms with van der Waals surface area (Å²) in [5.74, 6) is -0.0170. The number of nitrogens with one attached hydrogen (secondary N) is 1. The van der Waals surface area contributed by atoms with Crippen molar-refractivity contribution >= 4 is 11.7 Å². The van der Waals surface area contributed by atoms with Gasteiger partial charge in [-0.05, 0) is 49.9 Å². The number of rotatable bonds is 5. The van der Waals surface area contributed by atoms with Crippen LogP contribution in [0.2, 0.25) is 0 Å². The Morgan fingerprint density at radius 1 is 1.29 bits per heavy atom. The Hall–Kier alpha value is -2.69. The highest BCUT2D eigenvalue weighted by Gasteiger charge is 2.22. The van der Waals surface area contributed by atoms with Gasteiger partial charge >= 0.3 is 0 Å². The lowest BCUT2D eigenvalue weighted by Crippen LogP contribution is -2.40.